The van der Waals surface area contributed by atoms with Crippen molar-refractivity contribution in [1.82, 2.24) is 9.55 Å². The maximum absolute atomic E-state index is 5.00. The molecule has 0 radical (unpaired) electrons. The molecule has 2 aliphatic rings. The molecule has 118 valence electrons. The Hall–Kier alpha value is -2.68. The molecular weight excluding hydrogens is 294 g/mol. The van der Waals surface area contributed by atoms with Gasteiger partial charge in [0.25, 0.3) is 0 Å². The van der Waals surface area contributed by atoms with E-state index in [1.54, 1.807) is 0 Å². The number of imidazole rings is 1. The van der Waals surface area contributed by atoms with Crippen LogP contribution >= 0.6 is 0 Å². The minimum absolute atomic E-state index is 0.796. The van der Waals surface area contributed by atoms with Crippen LogP contribution in [0.5, 0.6) is 0 Å². The first-order valence-electron chi connectivity index (χ1n) is 8.59. The second-order valence-electron chi connectivity index (χ2n) is 6.73. The summed E-state index contributed by atoms with van der Waals surface area (Å²) in [5, 5.41) is 0. The van der Waals surface area contributed by atoms with E-state index >= 15 is 0 Å². The molecule has 2 aliphatic heterocycles. The minimum Gasteiger partial charge on any atom is -0.327 e. The summed E-state index contributed by atoms with van der Waals surface area (Å²) in [6.07, 6.45) is 4.24. The van der Waals surface area contributed by atoms with Crippen LogP contribution in [0.3, 0.4) is 0 Å². The molecule has 0 aliphatic carbocycles. The van der Waals surface area contributed by atoms with E-state index in [2.05, 4.69) is 58.9 Å². The first-order chi connectivity index (χ1) is 11.8. The molecule has 3 aromatic rings. The Labute approximate surface area is 141 Å². The zero-order valence-electron chi connectivity index (χ0n) is 13.8. The van der Waals surface area contributed by atoms with Crippen LogP contribution in [0.4, 0.5) is 0 Å². The summed E-state index contributed by atoms with van der Waals surface area (Å²) in [5.41, 5.74) is 8.69. The standard InChI is InChI=1S/C21H19N3/c1-14-4-2-5-15(10-14)20-21(24-9-3-6-19(24)23-20)16-7-8-17-12-22-13-18(17)11-16/h2,4-5,7-8,10-12H,3,6,9,13H2,1H3. The maximum atomic E-state index is 5.00. The van der Waals surface area contributed by atoms with Gasteiger partial charge in [-0.25, -0.2) is 4.98 Å². The van der Waals surface area contributed by atoms with Crippen LogP contribution in [0.25, 0.3) is 22.5 Å². The summed E-state index contributed by atoms with van der Waals surface area (Å²) in [6, 6.07) is 15.4. The molecule has 0 saturated carbocycles. The number of hydrogen-bond acceptors (Lipinski definition) is 2. The number of rotatable bonds is 2. The molecule has 0 saturated heterocycles. The van der Waals surface area contributed by atoms with Gasteiger partial charge in [-0.3, -0.25) is 4.99 Å². The fourth-order valence-electron chi connectivity index (χ4n) is 3.87. The van der Waals surface area contributed by atoms with Gasteiger partial charge in [-0.15, -0.1) is 0 Å². The molecule has 24 heavy (non-hydrogen) atoms. The van der Waals surface area contributed by atoms with Gasteiger partial charge >= 0.3 is 0 Å². The molecule has 0 spiro atoms. The Kier molecular flexibility index (Phi) is 2.96. The van der Waals surface area contributed by atoms with Crippen molar-refractivity contribution in [3.63, 3.8) is 0 Å². The molecule has 0 amide bonds. The van der Waals surface area contributed by atoms with Crippen molar-refractivity contribution in [3.05, 3.63) is 65.0 Å². The van der Waals surface area contributed by atoms with Gasteiger partial charge in [0.15, 0.2) is 0 Å². The van der Waals surface area contributed by atoms with Crippen LogP contribution in [-0.4, -0.2) is 15.8 Å². The van der Waals surface area contributed by atoms with E-state index in [1.165, 1.54) is 45.8 Å². The van der Waals surface area contributed by atoms with E-state index in [-0.39, 0.29) is 0 Å². The van der Waals surface area contributed by atoms with Gasteiger partial charge in [-0.2, -0.15) is 0 Å². The molecule has 0 atom stereocenters. The number of nitrogens with zero attached hydrogens (tertiary/aromatic N) is 3. The molecule has 0 unspecified atom stereocenters. The summed E-state index contributed by atoms with van der Waals surface area (Å²) in [6.45, 7) is 4.00. The van der Waals surface area contributed by atoms with Crippen LogP contribution in [0.2, 0.25) is 0 Å². The van der Waals surface area contributed by atoms with Gasteiger partial charge in [0.1, 0.15) is 5.82 Å². The average molecular weight is 313 g/mol. The van der Waals surface area contributed by atoms with E-state index in [0.717, 1.165) is 25.2 Å². The first-order valence-corrected chi connectivity index (χ1v) is 8.59. The zero-order valence-corrected chi connectivity index (χ0v) is 13.8. The van der Waals surface area contributed by atoms with Crippen LogP contribution in [0.1, 0.15) is 28.9 Å². The third kappa shape index (κ3) is 2.04. The van der Waals surface area contributed by atoms with Gasteiger partial charge in [0, 0.05) is 30.3 Å². The third-order valence-corrected chi connectivity index (χ3v) is 5.03. The summed E-state index contributed by atoms with van der Waals surface area (Å²) in [7, 11) is 0. The predicted octanol–water partition coefficient (Wildman–Crippen LogP) is 4.40. The Balaban J connectivity index is 1.73. The smallest absolute Gasteiger partial charge is 0.109 e. The highest BCUT2D eigenvalue weighted by Crippen LogP contribution is 2.37. The topological polar surface area (TPSA) is 30.2 Å². The lowest BCUT2D eigenvalue weighted by atomic mass is 10.00. The van der Waals surface area contributed by atoms with Crippen molar-refractivity contribution in [1.29, 1.82) is 0 Å². The number of aromatic nitrogens is 2. The first kappa shape index (κ1) is 13.7. The second-order valence-corrected chi connectivity index (χ2v) is 6.73. The molecule has 3 heteroatoms. The van der Waals surface area contributed by atoms with Crippen molar-refractivity contribution in [2.24, 2.45) is 4.99 Å². The molecule has 1 aromatic heterocycles. The highest BCUT2D eigenvalue weighted by molar-refractivity contribution is 5.87. The molecule has 5 rings (SSSR count). The fourth-order valence-corrected chi connectivity index (χ4v) is 3.87. The van der Waals surface area contributed by atoms with E-state index in [4.69, 9.17) is 4.98 Å². The normalized spacial score (nSPS) is 14.9. The lowest BCUT2D eigenvalue weighted by Crippen LogP contribution is -1.97. The van der Waals surface area contributed by atoms with Crippen LogP contribution in [0, 0.1) is 6.92 Å². The highest BCUT2D eigenvalue weighted by atomic mass is 15.1. The van der Waals surface area contributed by atoms with Crippen molar-refractivity contribution in [2.45, 2.75) is 32.9 Å². The van der Waals surface area contributed by atoms with Crippen molar-refractivity contribution >= 4 is 6.21 Å². The van der Waals surface area contributed by atoms with Gasteiger partial charge in [-0.05, 0) is 36.6 Å². The van der Waals surface area contributed by atoms with Gasteiger partial charge < -0.3 is 4.57 Å². The molecule has 2 aromatic carbocycles. The Morgan fingerprint density at radius 1 is 1.04 bits per heavy atom. The molecule has 0 bridgehead atoms. The molecule has 0 fully saturated rings. The van der Waals surface area contributed by atoms with E-state index in [9.17, 15) is 0 Å². The number of fused-ring (bicyclic) bond motifs is 2. The van der Waals surface area contributed by atoms with Crippen molar-refractivity contribution in [3.8, 4) is 22.5 Å². The second kappa shape index (κ2) is 5.17. The molecule has 0 N–H and O–H groups in total. The van der Waals surface area contributed by atoms with Crippen molar-refractivity contribution < 1.29 is 0 Å². The molecule has 3 heterocycles. The summed E-state index contributed by atoms with van der Waals surface area (Å²) in [4.78, 5) is 9.39. The lowest BCUT2D eigenvalue weighted by Gasteiger charge is -2.10. The highest BCUT2D eigenvalue weighted by Gasteiger charge is 2.23. The zero-order chi connectivity index (χ0) is 16.1. The summed E-state index contributed by atoms with van der Waals surface area (Å²) < 4.78 is 2.41. The van der Waals surface area contributed by atoms with E-state index < -0.39 is 0 Å². The third-order valence-electron chi connectivity index (χ3n) is 5.03. The Morgan fingerprint density at radius 3 is 2.92 bits per heavy atom. The van der Waals surface area contributed by atoms with Gasteiger partial charge in [0.2, 0.25) is 0 Å². The monoisotopic (exact) mass is 313 g/mol. The number of hydrogen-bond donors (Lipinski definition) is 0. The molecule has 3 nitrogen and oxygen atoms in total. The average Bonchev–Trinajstić information content (AvgIpc) is 3.29. The lowest BCUT2D eigenvalue weighted by molar-refractivity contribution is 0.756. The van der Waals surface area contributed by atoms with E-state index in [1.807, 2.05) is 6.21 Å². The van der Waals surface area contributed by atoms with Crippen molar-refractivity contribution in [2.75, 3.05) is 0 Å². The molecular formula is C21H19N3. The van der Waals surface area contributed by atoms with Gasteiger partial charge in [-0.1, -0.05) is 35.9 Å². The Morgan fingerprint density at radius 2 is 2.00 bits per heavy atom. The summed E-state index contributed by atoms with van der Waals surface area (Å²) >= 11 is 0. The minimum atomic E-state index is 0.796. The van der Waals surface area contributed by atoms with E-state index in [0.29, 0.717) is 0 Å². The van der Waals surface area contributed by atoms with Crippen LogP contribution in [-0.2, 0) is 19.5 Å². The van der Waals surface area contributed by atoms with Gasteiger partial charge in [0.05, 0.1) is 17.9 Å². The fraction of sp³-hybridized carbons (Fsp3) is 0.238. The Bertz CT molecular complexity index is 979. The summed E-state index contributed by atoms with van der Waals surface area (Å²) in [5.74, 6) is 1.22. The SMILES string of the molecule is Cc1cccc(-c2nc3n(c2-c2ccc4c(c2)CN=C4)CCC3)c1. The number of aliphatic imine (C=N–C) groups is 1. The van der Waals surface area contributed by atoms with Crippen LogP contribution in [0.15, 0.2) is 47.5 Å². The quantitative estimate of drug-likeness (QED) is 0.689. The largest absolute Gasteiger partial charge is 0.327 e. The number of aryl methyl sites for hydroxylation is 2. The van der Waals surface area contributed by atoms with Crippen LogP contribution < -0.4 is 0 Å². The number of benzene rings is 2. The maximum Gasteiger partial charge on any atom is 0.109 e. The predicted molar refractivity (Wildman–Crippen MR) is 97.5 cm³/mol.